The van der Waals surface area contributed by atoms with Crippen LogP contribution < -0.4 is 9.62 Å². The molecular formula is C29H34ClN3O4S. The van der Waals surface area contributed by atoms with Crippen LogP contribution in [0.5, 0.6) is 0 Å². The van der Waals surface area contributed by atoms with E-state index in [2.05, 4.69) is 5.32 Å². The molecule has 0 saturated carbocycles. The highest BCUT2D eigenvalue weighted by Gasteiger charge is 2.34. The van der Waals surface area contributed by atoms with Gasteiger partial charge in [-0.2, -0.15) is 0 Å². The van der Waals surface area contributed by atoms with Gasteiger partial charge < -0.3 is 10.2 Å². The van der Waals surface area contributed by atoms with Gasteiger partial charge in [0.25, 0.3) is 10.0 Å². The zero-order chi connectivity index (χ0) is 27.9. The normalized spacial score (nSPS) is 12.2. The smallest absolute Gasteiger partial charge is 0.264 e. The fourth-order valence-electron chi connectivity index (χ4n) is 4.09. The van der Waals surface area contributed by atoms with Gasteiger partial charge in [0.05, 0.1) is 15.6 Å². The predicted molar refractivity (Wildman–Crippen MR) is 152 cm³/mol. The quantitative estimate of drug-likeness (QED) is 0.353. The molecule has 0 aliphatic rings. The number of hydrogen-bond acceptors (Lipinski definition) is 4. The van der Waals surface area contributed by atoms with Crippen molar-refractivity contribution in [1.82, 2.24) is 10.2 Å². The van der Waals surface area contributed by atoms with Gasteiger partial charge in [0.1, 0.15) is 12.6 Å². The number of hydrogen-bond donors (Lipinski definition) is 1. The van der Waals surface area contributed by atoms with Gasteiger partial charge in [0, 0.05) is 12.6 Å². The molecule has 9 heteroatoms. The lowest BCUT2D eigenvalue weighted by Gasteiger charge is -2.33. The number of amides is 2. The SMILES string of the molecule is CC[C@H](C(=O)NC(C)C)N(Cc1ccccc1)C(=O)CN(c1ccccc1Cl)S(=O)(=O)c1ccc(C)cc1. The van der Waals surface area contributed by atoms with Gasteiger partial charge in [-0.3, -0.25) is 13.9 Å². The third-order valence-corrected chi connectivity index (χ3v) is 8.12. The van der Waals surface area contributed by atoms with Crippen molar-refractivity contribution in [3.8, 4) is 0 Å². The van der Waals surface area contributed by atoms with E-state index in [1.807, 2.05) is 58.0 Å². The summed E-state index contributed by atoms with van der Waals surface area (Å²) in [5.74, 6) is -0.812. The maximum Gasteiger partial charge on any atom is 0.264 e. The molecule has 0 saturated heterocycles. The summed E-state index contributed by atoms with van der Waals surface area (Å²) in [6, 6.07) is 21.3. The molecule has 0 aliphatic carbocycles. The molecule has 0 unspecified atom stereocenters. The lowest BCUT2D eigenvalue weighted by molar-refractivity contribution is -0.140. The first-order chi connectivity index (χ1) is 18.0. The molecule has 0 fully saturated rings. The van der Waals surface area contributed by atoms with Crippen molar-refractivity contribution in [2.45, 2.75) is 57.6 Å². The second-order valence-corrected chi connectivity index (χ2v) is 11.6. The lowest BCUT2D eigenvalue weighted by atomic mass is 10.1. The highest BCUT2D eigenvalue weighted by Crippen LogP contribution is 2.31. The third kappa shape index (κ3) is 7.14. The van der Waals surface area contributed by atoms with Crippen LogP contribution in [0, 0.1) is 6.92 Å². The Morgan fingerprint density at radius 3 is 2.11 bits per heavy atom. The van der Waals surface area contributed by atoms with E-state index in [4.69, 9.17) is 11.6 Å². The monoisotopic (exact) mass is 555 g/mol. The van der Waals surface area contributed by atoms with Gasteiger partial charge in [-0.25, -0.2) is 8.42 Å². The summed E-state index contributed by atoms with van der Waals surface area (Å²) in [7, 11) is -4.17. The Hall–Kier alpha value is -3.36. The molecule has 2 amide bonds. The average molecular weight is 556 g/mol. The molecule has 0 spiro atoms. The van der Waals surface area contributed by atoms with Crippen molar-refractivity contribution in [1.29, 1.82) is 0 Å². The summed E-state index contributed by atoms with van der Waals surface area (Å²) in [5, 5.41) is 3.07. The minimum Gasteiger partial charge on any atom is -0.352 e. The highest BCUT2D eigenvalue weighted by molar-refractivity contribution is 7.92. The fourth-order valence-corrected chi connectivity index (χ4v) is 5.81. The number of rotatable bonds is 11. The van der Waals surface area contributed by atoms with Crippen molar-refractivity contribution in [3.05, 3.63) is 95.0 Å². The molecule has 0 bridgehead atoms. The average Bonchev–Trinajstić information content (AvgIpc) is 2.88. The van der Waals surface area contributed by atoms with Crippen LogP contribution in [0.4, 0.5) is 5.69 Å². The summed E-state index contributed by atoms with van der Waals surface area (Å²) >= 11 is 6.43. The second-order valence-electron chi connectivity index (χ2n) is 9.37. The Morgan fingerprint density at radius 1 is 0.921 bits per heavy atom. The van der Waals surface area contributed by atoms with E-state index in [0.717, 1.165) is 15.4 Å². The van der Waals surface area contributed by atoms with Gasteiger partial charge in [0.15, 0.2) is 0 Å². The largest absolute Gasteiger partial charge is 0.352 e. The molecule has 0 radical (unpaired) electrons. The number of benzene rings is 3. The summed E-state index contributed by atoms with van der Waals surface area (Å²) in [6.07, 6.45) is 0.355. The molecule has 38 heavy (non-hydrogen) atoms. The molecule has 7 nitrogen and oxygen atoms in total. The maximum absolute atomic E-state index is 14.0. The number of para-hydroxylation sites is 1. The van der Waals surface area contributed by atoms with Crippen LogP contribution in [0.2, 0.25) is 5.02 Å². The first-order valence-corrected chi connectivity index (χ1v) is 14.3. The molecule has 0 heterocycles. The lowest BCUT2D eigenvalue weighted by Crippen LogP contribution is -2.53. The second kappa shape index (κ2) is 12.9. The van der Waals surface area contributed by atoms with Crippen LogP contribution in [-0.2, 0) is 26.2 Å². The number of aryl methyl sites for hydroxylation is 1. The van der Waals surface area contributed by atoms with Gasteiger partial charge in [0.2, 0.25) is 11.8 Å². The van der Waals surface area contributed by atoms with Gasteiger partial charge in [-0.15, -0.1) is 0 Å². The fraction of sp³-hybridized carbons (Fsp3) is 0.310. The Morgan fingerprint density at radius 2 is 1.53 bits per heavy atom. The van der Waals surface area contributed by atoms with Crippen LogP contribution in [0.15, 0.2) is 83.8 Å². The summed E-state index contributed by atoms with van der Waals surface area (Å²) in [5.41, 5.74) is 1.91. The topological polar surface area (TPSA) is 86.8 Å². The minimum atomic E-state index is -4.17. The summed E-state index contributed by atoms with van der Waals surface area (Å²) < 4.78 is 28.7. The van der Waals surface area contributed by atoms with Crippen LogP contribution in [0.25, 0.3) is 0 Å². The zero-order valence-corrected chi connectivity index (χ0v) is 23.7. The van der Waals surface area contributed by atoms with Gasteiger partial charge in [-0.05, 0) is 57.0 Å². The van der Waals surface area contributed by atoms with Crippen LogP contribution >= 0.6 is 11.6 Å². The zero-order valence-electron chi connectivity index (χ0n) is 22.1. The number of halogens is 1. The highest BCUT2D eigenvalue weighted by atomic mass is 35.5. The number of carbonyl (C=O) groups is 2. The number of anilines is 1. The molecule has 3 rings (SSSR count). The maximum atomic E-state index is 14.0. The van der Waals surface area contributed by atoms with Crippen molar-refractivity contribution >= 4 is 39.1 Å². The van der Waals surface area contributed by atoms with E-state index in [1.165, 1.54) is 17.0 Å². The Bertz CT molecular complexity index is 1350. The predicted octanol–water partition coefficient (Wildman–Crippen LogP) is 5.18. The number of carbonyl (C=O) groups excluding carboxylic acids is 2. The van der Waals surface area contributed by atoms with Crippen molar-refractivity contribution in [2.24, 2.45) is 0 Å². The summed E-state index contributed by atoms with van der Waals surface area (Å²) in [4.78, 5) is 28.6. The van der Waals surface area contributed by atoms with Gasteiger partial charge in [-0.1, -0.05) is 78.7 Å². The third-order valence-electron chi connectivity index (χ3n) is 6.02. The molecule has 0 aromatic heterocycles. The van der Waals surface area contributed by atoms with E-state index in [0.29, 0.717) is 6.42 Å². The van der Waals surface area contributed by atoms with Crippen molar-refractivity contribution in [2.75, 3.05) is 10.8 Å². The number of sulfonamides is 1. The number of nitrogens with one attached hydrogen (secondary N) is 1. The van der Waals surface area contributed by atoms with Crippen LogP contribution in [0.1, 0.15) is 38.3 Å². The van der Waals surface area contributed by atoms with Crippen molar-refractivity contribution < 1.29 is 18.0 Å². The van der Waals surface area contributed by atoms with Gasteiger partial charge >= 0.3 is 0 Å². The molecule has 202 valence electrons. The summed E-state index contributed by atoms with van der Waals surface area (Å²) in [6.45, 7) is 7.00. The van der Waals surface area contributed by atoms with E-state index >= 15 is 0 Å². The molecule has 3 aromatic rings. The Balaban J connectivity index is 2.06. The molecular weight excluding hydrogens is 522 g/mol. The molecule has 1 atom stereocenters. The standard InChI is InChI=1S/C29H34ClN3O4S/c1-5-26(29(35)31-21(2)3)32(19-23-11-7-6-8-12-23)28(34)20-33(27-14-10-9-13-25(27)30)38(36,37)24-17-15-22(4)16-18-24/h6-18,21,26H,5,19-20H2,1-4H3,(H,31,35)/t26-/m1/s1. The van der Waals surface area contributed by atoms with Crippen molar-refractivity contribution in [3.63, 3.8) is 0 Å². The van der Waals surface area contributed by atoms with E-state index in [9.17, 15) is 18.0 Å². The first kappa shape index (κ1) is 29.2. The molecule has 0 aliphatic heterocycles. The first-order valence-electron chi connectivity index (χ1n) is 12.5. The van der Waals surface area contributed by atoms with E-state index in [1.54, 1.807) is 36.4 Å². The van der Waals surface area contributed by atoms with E-state index in [-0.39, 0.29) is 34.1 Å². The molecule has 1 N–H and O–H groups in total. The number of nitrogens with zero attached hydrogens (tertiary/aromatic N) is 2. The Labute approximate surface area is 230 Å². The van der Waals surface area contributed by atoms with Crippen LogP contribution in [0.3, 0.4) is 0 Å². The Kier molecular flexibility index (Phi) is 9.94. The molecule has 3 aromatic carbocycles. The van der Waals surface area contributed by atoms with E-state index < -0.39 is 28.5 Å². The minimum absolute atomic E-state index is 0.0371. The van der Waals surface area contributed by atoms with Crippen LogP contribution in [-0.4, -0.2) is 43.8 Å².